The molecule has 1 aliphatic heterocycles. The van der Waals surface area contributed by atoms with E-state index in [4.69, 9.17) is 10.00 Å². The first-order valence-electron chi connectivity index (χ1n) is 7.00. The molecule has 4 nitrogen and oxygen atoms in total. The van der Waals surface area contributed by atoms with Crippen LogP contribution in [-0.2, 0) is 9.53 Å². The molecule has 1 fully saturated rings. The molecule has 1 atom stereocenters. The van der Waals surface area contributed by atoms with Gasteiger partial charge in [-0.3, -0.25) is 4.79 Å². The van der Waals surface area contributed by atoms with Crippen molar-refractivity contribution in [2.24, 2.45) is 0 Å². The van der Waals surface area contributed by atoms with Gasteiger partial charge >= 0.3 is 5.97 Å². The maximum atomic E-state index is 11.5. The number of piperidine rings is 1. The first-order chi connectivity index (χ1) is 9.65. The molecule has 0 spiro atoms. The summed E-state index contributed by atoms with van der Waals surface area (Å²) in [6, 6.07) is 8.25. The van der Waals surface area contributed by atoms with Gasteiger partial charge in [0.25, 0.3) is 0 Å². The van der Waals surface area contributed by atoms with Crippen molar-refractivity contribution in [3.8, 4) is 6.07 Å². The number of rotatable bonds is 3. The molecule has 0 radical (unpaired) electrons. The van der Waals surface area contributed by atoms with Crippen LogP contribution < -0.4 is 4.90 Å². The van der Waals surface area contributed by atoms with Crippen LogP contribution in [0.25, 0.3) is 0 Å². The topological polar surface area (TPSA) is 53.3 Å². The molecule has 1 aromatic rings. The van der Waals surface area contributed by atoms with Gasteiger partial charge in [-0.05, 0) is 49.9 Å². The summed E-state index contributed by atoms with van der Waals surface area (Å²) in [6.45, 7) is 2.90. The fourth-order valence-electron chi connectivity index (χ4n) is 2.78. The molecular formula is C16H20N2O2. The Kier molecular flexibility index (Phi) is 4.62. The van der Waals surface area contributed by atoms with Gasteiger partial charge in [0, 0.05) is 18.3 Å². The molecule has 20 heavy (non-hydrogen) atoms. The summed E-state index contributed by atoms with van der Waals surface area (Å²) in [5.74, 6) is -0.160. The van der Waals surface area contributed by atoms with Gasteiger partial charge in [-0.1, -0.05) is 0 Å². The van der Waals surface area contributed by atoms with Crippen molar-refractivity contribution in [2.45, 2.75) is 38.6 Å². The highest BCUT2D eigenvalue weighted by molar-refractivity contribution is 5.71. The minimum absolute atomic E-state index is 0.160. The predicted molar refractivity (Wildman–Crippen MR) is 77.5 cm³/mol. The second-order valence-electron chi connectivity index (χ2n) is 5.23. The zero-order valence-corrected chi connectivity index (χ0v) is 12.1. The summed E-state index contributed by atoms with van der Waals surface area (Å²) in [7, 11) is 1.43. The van der Waals surface area contributed by atoms with Crippen LogP contribution in [0.15, 0.2) is 18.2 Å². The van der Waals surface area contributed by atoms with E-state index in [0.717, 1.165) is 37.1 Å². The number of hydrogen-bond acceptors (Lipinski definition) is 4. The minimum Gasteiger partial charge on any atom is -0.469 e. The predicted octanol–water partition coefficient (Wildman–Crippen LogP) is 2.79. The lowest BCUT2D eigenvalue weighted by atomic mass is 9.97. The SMILES string of the molecule is COC(=O)CC1CCCCN1c1ccc(C#N)c(C)c1. The third kappa shape index (κ3) is 3.11. The maximum absolute atomic E-state index is 11.5. The van der Waals surface area contributed by atoms with Crippen molar-refractivity contribution >= 4 is 11.7 Å². The lowest BCUT2D eigenvalue weighted by Gasteiger charge is -2.37. The van der Waals surface area contributed by atoms with E-state index in [-0.39, 0.29) is 12.0 Å². The van der Waals surface area contributed by atoms with Gasteiger partial charge in [0.05, 0.1) is 25.2 Å². The van der Waals surface area contributed by atoms with Gasteiger partial charge in [-0.25, -0.2) is 0 Å². The Labute approximate surface area is 120 Å². The number of carbonyl (C=O) groups is 1. The highest BCUT2D eigenvalue weighted by Gasteiger charge is 2.25. The van der Waals surface area contributed by atoms with Crippen LogP contribution in [-0.4, -0.2) is 25.7 Å². The van der Waals surface area contributed by atoms with E-state index >= 15 is 0 Å². The Morgan fingerprint density at radius 1 is 1.50 bits per heavy atom. The summed E-state index contributed by atoms with van der Waals surface area (Å²) in [4.78, 5) is 13.8. The highest BCUT2D eigenvalue weighted by Crippen LogP contribution is 2.28. The van der Waals surface area contributed by atoms with Crippen LogP contribution in [0.1, 0.15) is 36.8 Å². The molecule has 1 aromatic carbocycles. The molecule has 1 heterocycles. The average Bonchev–Trinajstić information content (AvgIpc) is 2.47. The Morgan fingerprint density at radius 2 is 2.30 bits per heavy atom. The van der Waals surface area contributed by atoms with Gasteiger partial charge < -0.3 is 9.64 Å². The zero-order chi connectivity index (χ0) is 14.5. The van der Waals surface area contributed by atoms with E-state index in [0.29, 0.717) is 12.0 Å². The van der Waals surface area contributed by atoms with E-state index in [1.54, 1.807) is 0 Å². The first kappa shape index (κ1) is 14.4. The number of nitriles is 1. The molecule has 0 bridgehead atoms. The number of esters is 1. The van der Waals surface area contributed by atoms with E-state index < -0.39 is 0 Å². The molecule has 0 N–H and O–H groups in total. The lowest BCUT2D eigenvalue weighted by Crippen LogP contribution is -2.41. The maximum Gasteiger partial charge on any atom is 0.307 e. The summed E-state index contributed by atoms with van der Waals surface area (Å²) in [6.07, 6.45) is 3.72. The van der Waals surface area contributed by atoms with Crippen LogP contribution in [0.2, 0.25) is 0 Å². The molecule has 106 valence electrons. The molecule has 1 aliphatic rings. The zero-order valence-electron chi connectivity index (χ0n) is 12.1. The number of nitrogens with zero attached hydrogens (tertiary/aromatic N) is 2. The number of hydrogen-bond donors (Lipinski definition) is 0. The van der Waals surface area contributed by atoms with Crippen LogP contribution in [0.3, 0.4) is 0 Å². The number of carbonyl (C=O) groups excluding carboxylic acids is 1. The van der Waals surface area contributed by atoms with Crippen molar-refractivity contribution in [3.63, 3.8) is 0 Å². The van der Waals surface area contributed by atoms with Crippen LogP contribution in [0.4, 0.5) is 5.69 Å². The second-order valence-corrected chi connectivity index (χ2v) is 5.23. The Bertz CT molecular complexity index is 534. The first-order valence-corrected chi connectivity index (χ1v) is 7.00. The molecule has 1 unspecified atom stereocenters. The summed E-state index contributed by atoms with van der Waals surface area (Å²) >= 11 is 0. The fourth-order valence-corrected chi connectivity index (χ4v) is 2.78. The molecule has 1 saturated heterocycles. The molecule has 0 saturated carbocycles. The van der Waals surface area contributed by atoms with Gasteiger partial charge in [-0.2, -0.15) is 5.26 Å². The highest BCUT2D eigenvalue weighted by atomic mass is 16.5. The smallest absolute Gasteiger partial charge is 0.307 e. The van der Waals surface area contributed by atoms with E-state index in [1.165, 1.54) is 7.11 Å². The molecule has 0 aliphatic carbocycles. The molecule has 0 amide bonds. The van der Waals surface area contributed by atoms with Gasteiger partial charge in [0.1, 0.15) is 0 Å². The number of benzene rings is 1. The third-order valence-electron chi connectivity index (χ3n) is 3.92. The van der Waals surface area contributed by atoms with Crippen LogP contribution in [0, 0.1) is 18.3 Å². The molecule has 4 heteroatoms. The second kappa shape index (κ2) is 6.42. The average molecular weight is 272 g/mol. The summed E-state index contributed by atoms with van der Waals surface area (Å²) in [5.41, 5.74) is 2.78. The number of methoxy groups -OCH3 is 1. The standard InChI is InChI=1S/C16H20N2O2/c1-12-9-15(7-6-13(12)11-17)18-8-4-3-5-14(18)10-16(19)20-2/h6-7,9,14H,3-5,8,10H2,1-2H3. The fraction of sp³-hybridized carbons (Fsp3) is 0.500. The number of aryl methyl sites for hydroxylation is 1. The van der Waals surface area contributed by atoms with Gasteiger partial charge in [0.15, 0.2) is 0 Å². The third-order valence-corrected chi connectivity index (χ3v) is 3.92. The monoisotopic (exact) mass is 272 g/mol. The van der Waals surface area contributed by atoms with E-state index in [9.17, 15) is 4.79 Å². The number of ether oxygens (including phenoxy) is 1. The van der Waals surface area contributed by atoms with Crippen molar-refractivity contribution in [1.29, 1.82) is 5.26 Å². The van der Waals surface area contributed by atoms with Crippen molar-refractivity contribution < 1.29 is 9.53 Å². The summed E-state index contributed by atoms with van der Waals surface area (Å²) < 4.78 is 4.79. The van der Waals surface area contributed by atoms with Crippen LogP contribution in [0.5, 0.6) is 0 Å². The number of anilines is 1. The molecular weight excluding hydrogens is 252 g/mol. The van der Waals surface area contributed by atoms with Crippen LogP contribution >= 0.6 is 0 Å². The van der Waals surface area contributed by atoms with Crippen molar-refractivity contribution in [3.05, 3.63) is 29.3 Å². The van der Waals surface area contributed by atoms with Gasteiger partial charge in [-0.15, -0.1) is 0 Å². The Hall–Kier alpha value is -2.02. The molecule has 2 rings (SSSR count). The van der Waals surface area contributed by atoms with Gasteiger partial charge in [0.2, 0.25) is 0 Å². The quantitative estimate of drug-likeness (QED) is 0.794. The van der Waals surface area contributed by atoms with Crippen molar-refractivity contribution in [2.75, 3.05) is 18.6 Å². The Balaban J connectivity index is 2.21. The van der Waals surface area contributed by atoms with E-state index in [2.05, 4.69) is 11.0 Å². The normalized spacial score (nSPS) is 18.4. The van der Waals surface area contributed by atoms with Crippen molar-refractivity contribution in [1.82, 2.24) is 0 Å². The lowest BCUT2D eigenvalue weighted by molar-refractivity contribution is -0.141. The summed E-state index contributed by atoms with van der Waals surface area (Å²) in [5, 5.41) is 9.00. The largest absolute Gasteiger partial charge is 0.469 e. The minimum atomic E-state index is -0.160. The van der Waals surface area contributed by atoms with E-state index in [1.807, 2.05) is 25.1 Å². The molecule has 0 aromatic heterocycles. The Morgan fingerprint density at radius 3 is 2.95 bits per heavy atom.